The fourth-order valence-electron chi connectivity index (χ4n) is 1.22. The maximum absolute atomic E-state index is 11.7. The van der Waals surface area contributed by atoms with Crippen LogP contribution in [0.4, 0.5) is 0 Å². The van der Waals surface area contributed by atoms with Gasteiger partial charge in [0.05, 0.1) is 11.9 Å². The third-order valence-electron chi connectivity index (χ3n) is 2.18. The van der Waals surface area contributed by atoms with Crippen LogP contribution in [0.5, 0.6) is 0 Å². The Morgan fingerprint density at radius 1 is 1.41 bits per heavy atom. The predicted octanol–water partition coefficient (Wildman–Crippen LogP) is 0.768. The molecular weight excluding hydrogens is 222 g/mol. The van der Waals surface area contributed by atoms with E-state index in [9.17, 15) is 9.59 Å². The number of rotatable bonds is 5. The molecule has 0 aliphatic carbocycles. The van der Waals surface area contributed by atoms with E-state index in [2.05, 4.69) is 15.3 Å². The Balaban J connectivity index is 2.48. The number of aromatic nitrogens is 2. The largest absolute Gasteiger partial charge is 0.481 e. The second-order valence-electron chi connectivity index (χ2n) is 3.85. The fourth-order valence-corrected chi connectivity index (χ4v) is 1.22. The molecule has 1 rings (SSSR count). The summed E-state index contributed by atoms with van der Waals surface area (Å²) in [6.07, 6.45) is 3.33. The summed E-state index contributed by atoms with van der Waals surface area (Å²) in [5.41, 5.74) is 0.971. The van der Waals surface area contributed by atoms with Crippen molar-refractivity contribution in [3.63, 3.8) is 0 Å². The van der Waals surface area contributed by atoms with Crippen LogP contribution in [0.15, 0.2) is 12.4 Å². The van der Waals surface area contributed by atoms with Crippen molar-refractivity contribution in [1.82, 2.24) is 15.3 Å². The van der Waals surface area contributed by atoms with Gasteiger partial charge >= 0.3 is 5.97 Å². The summed E-state index contributed by atoms with van der Waals surface area (Å²) in [6.45, 7) is 3.53. The van der Waals surface area contributed by atoms with E-state index in [4.69, 9.17) is 5.11 Å². The quantitative estimate of drug-likeness (QED) is 0.789. The van der Waals surface area contributed by atoms with Crippen LogP contribution >= 0.6 is 0 Å². The summed E-state index contributed by atoms with van der Waals surface area (Å²) in [5.74, 6) is -1.21. The van der Waals surface area contributed by atoms with Gasteiger partial charge in [0.1, 0.15) is 5.69 Å². The molecular formula is C11H15N3O3. The summed E-state index contributed by atoms with van der Waals surface area (Å²) in [4.78, 5) is 29.9. The van der Waals surface area contributed by atoms with Gasteiger partial charge in [-0.3, -0.25) is 14.6 Å². The number of carboxylic acid groups (broad SMARTS) is 1. The lowest BCUT2D eigenvalue weighted by Crippen LogP contribution is -2.33. The summed E-state index contributed by atoms with van der Waals surface area (Å²) < 4.78 is 0. The Morgan fingerprint density at radius 2 is 2.12 bits per heavy atom. The Morgan fingerprint density at radius 3 is 2.65 bits per heavy atom. The summed E-state index contributed by atoms with van der Waals surface area (Å²) in [5, 5.41) is 11.2. The zero-order chi connectivity index (χ0) is 12.8. The van der Waals surface area contributed by atoms with Crippen molar-refractivity contribution in [3.05, 3.63) is 23.8 Å². The van der Waals surface area contributed by atoms with E-state index in [-0.39, 0.29) is 24.1 Å². The normalized spacial score (nSPS) is 11.9. The highest BCUT2D eigenvalue weighted by molar-refractivity contribution is 5.92. The minimum absolute atomic E-state index is 0.0288. The van der Waals surface area contributed by atoms with Crippen molar-refractivity contribution >= 4 is 11.9 Å². The molecule has 92 valence electrons. The van der Waals surface area contributed by atoms with Gasteiger partial charge in [0, 0.05) is 18.7 Å². The predicted molar refractivity (Wildman–Crippen MR) is 60.6 cm³/mol. The first kappa shape index (κ1) is 13.1. The molecule has 1 aromatic rings. The molecule has 17 heavy (non-hydrogen) atoms. The monoisotopic (exact) mass is 237 g/mol. The third kappa shape index (κ3) is 4.58. The highest BCUT2D eigenvalue weighted by atomic mass is 16.4. The van der Waals surface area contributed by atoms with Crippen LogP contribution in [0.1, 0.15) is 35.9 Å². The van der Waals surface area contributed by atoms with E-state index in [0.717, 1.165) is 5.69 Å². The van der Waals surface area contributed by atoms with Gasteiger partial charge in [-0.1, -0.05) is 0 Å². The molecule has 0 saturated carbocycles. The van der Waals surface area contributed by atoms with E-state index < -0.39 is 5.97 Å². The number of carboxylic acids is 1. The van der Waals surface area contributed by atoms with E-state index in [1.165, 1.54) is 12.4 Å². The first-order valence-electron chi connectivity index (χ1n) is 5.30. The average molecular weight is 237 g/mol. The van der Waals surface area contributed by atoms with Crippen molar-refractivity contribution < 1.29 is 14.7 Å². The lowest BCUT2D eigenvalue weighted by atomic mass is 10.2. The number of nitrogens with zero attached hydrogens (tertiary/aromatic N) is 2. The third-order valence-corrected chi connectivity index (χ3v) is 2.18. The molecule has 0 aliphatic rings. The molecule has 0 fully saturated rings. The maximum Gasteiger partial charge on any atom is 0.303 e. The molecule has 6 heteroatoms. The van der Waals surface area contributed by atoms with Crippen LogP contribution in [-0.2, 0) is 4.79 Å². The molecule has 1 unspecified atom stereocenters. The van der Waals surface area contributed by atoms with Gasteiger partial charge in [0.15, 0.2) is 0 Å². The number of hydrogen-bond acceptors (Lipinski definition) is 4. The smallest absolute Gasteiger partial charge is 0.303 e. The van der Waals surface area contributed by atoms with Gasteiger partial charge in [0.2, 0.25) is 0 Å². The standard InChI is InChI=1S/C11H15N3O3/c1-7(3-4-10(15)16)14-11(17)9-6-12-8(2)5-13-9/h5-7H,3-4H2,1-2H3,(H,14,17)(H,15,16). The van der Waals surface area contributed by atoms with Crippen LogP contribution in [0.3, 0.4) is 0 Å². The zero-order valence-corrected chi connectivity index (χ0v) is 9.80. The number of hydrogen-bond donors (Lipinski definition) is 2. The molecule has 2 N–H and O–H groups in total. The van der Waals surface area contributed by atoms with Crippen LogP contribution in [0.25, 0.3) is 0 Å². The van der Waals surface area contributed by atoms with Crippen molar-refractivity contribution in [2.24, 2.45) is 0 Å². The Kier molecular flexibility index (Phi) is 4.56. The van der Waals surface area contributed by atoms with Gasteiger partial charge in [0.25, 0.3) is 5.91 Å². The Bertz CT molecular complexity index is 403. The second-order valence-corrected chi connectivity index (χ2v) is 3.85. The van der Waals surface area contributed by atoms with E-state index >= 15 is 0 Å². The molecule has 1 aromatic heterocycles. The Hall–Kier alpha value is -1.98. The summed E-state index contributed by atoms with van der Waals surface area (Å²) in [7, 11) is 0. The molecule has 0 spiro atoms. The lowest BCUT2D eigenvalue weighted by molar-refractivity contribution is -0.137. The molecule has 1 atom stereocenters. The number of nitrogens with one attached hydrogen (secondary N) is 1. The number of aliphatic carboxylic acids is 1. The van der Waals surface area contributed by atoms with Crippen molar-refractivity contribution in [2.45, 2.75) is 32.7 Å². The molecule has 0 aliphatic heterocycles. The number of aryl methyl sites for hydroxylation is 1. The van der Waals surface area contributed by atoms with Gasteiger partial charge in [-0.25, -0.2) is 4.98 Å². The van der Waals surface area contributed by atoms with Crippen LogP contribution < -0.4 is 5.32 Å². The van der Waals surface area contributed by atoms with Gasteiger partial charge in [-0.15, -0.1) is 0 Å². The summed E-state index contributed by atoms with van der Waals surface area (Å²) in [6, 6.07) is -0.207. The van der Waals surface area contributed by atoms with Crippen LogP contribution in [0.2, 0.25) is 0 Å². The minimum atomic E-state index is -0.874. The van der Waals surface area contributed by atoms with Crippen molar-refractivity contribution in [2.75, 3.05) is 0 Å². The fraction of sp³-hybridized carbons (Fsp3) is 0.455. The maximum atomic E-state index is 11.7. The molecule has 0 aromatic carbocycles. The molecule has 1 amide bonds. The molecule has 0 radical (unpaired) electrons. The second kappa shape index (κ2) is 5.93. The van der Waals surface area contributed by atoms with E-state index in [0.29, 0.717) is 6.42 Å². The topological polar surface area (TPSA) is 92.2 Å². The van der Waals surface area contributed by atoms with Crippen molar-refractivity contribution in [3.8, 4) is 0 Å². The first-order valence-corrected chi connectivity index (χ1v) is 5.30. The first-order chi connectivity index (χ1) is 7.99. The minimum Gasteiger partial charge on any atom is -0.481 e. The van der Waals surface area contributed by atoms with Crippen molar-refractivity contribution in [1.29, 1.82) is 0 Å². The van der Waals surface area contributed by atoms with Gasteiger partial charge < -0.3 is 10.4 Å². The summed E-state index contributed by atoms with van der Waals surface area (Å²) >= 11 is 0. The van der Waals surface area contributed by atoms with Crippen LogP contribution in [0, 0.1) is 6.92 Å². The average Bonchev–Trinajstić information content (AvgIpc) is 2.27. The number of carbonyl (C=O) groups excluding carboxylic acids is 1. The van der Waals surface area contributed by atoms with E-state index in [1.807, 2.05) is 0 Å². The Labute approximate surface area is 99.1 Å². The zero-order valence-electron chi connectivity index (χ0n) is 9.80. The van der Waals surface area contributed by atoms with E-state index in [1.54, 1.807) is 13.8 Å². The highest BCUT2D eigenvalue weighted by Gasteiger charge is 2.12. The molecule has 0 bridgehead atoms. The number of carbonyl (C=O) groups is 2. The molecule has 0 saturated heterocycles. The molecule has 1 heterocycles. The highest BCUT2D eigenvalue weighted by Crippen LogP contribution is 1.99. The van der Waals surface area contributed by atoms with Gasteiger partial charge in [-0.2, -0.15) is 0 Å². The lowest BCUT2D eigenvalue weighted by Gasteiger charge is -2.11. The molecule has 6 nitrogen and oxygen atoms in total. The van der Waals surface area contributed by atoms with Crippen LogP contribution in [-0.4, -0.2) is 33.0 Å². The number of amides is 1. The SMILES string of the molecule is Cc1cnc(C(=O)NC(C)CCC(=O)O)cn1. The van der Waals surface area contributed by atoms with Gasteiger partial charge in [-0.05, 0) is 20.3 Å².